The van der Waals surface area contributed by atoms with Crippen LogP contribution in [0, 0.1) is 0 Å². The smallest absolute Gasteiger partial charge is 0.262 e. The van der Waals surface area contributed by atoms with Gasteiger partial charge in [-0.25, -0.2) is 4.90 Å². The van der Waals surface area contributed by atoms with E-state index in [0.29, 0.717) is 16.8 Å². The minimum atomic E-state index is -0.190. The Labute approximate surface area is 175 Å². The summed E-state index contributed by atoms with van der Waals surface area (Å²) >= 11 is 0. The molecule has 1 aliphatic heterocycles. The van der Waals surface area contributed by atoms with E-state index in [1.165, 1.54) is 4.90 Å². The monoisotopic (exact) mass is 392 g/mol. The van der Waals surface area contributed by atoms with Gasteiger partial charge in [0, 0.05) is 42.8 Å². The maximum absolute atomic E-state index is 13.7. The molecule has 7 rings (SSSR count). The van der Waals surface area contributed by atoms with Crippen LogP contribution in [0.5, 0.6) is 0 Å². The summed E-state index contributed by atoms with van der Waals surface area (Å²) in [4.78, 5) is 30.7. The Bertz CT molecular complexity index is 1170. The van der Waals surface area contributed by atoms with Gasteiger partial charge in [-0.05, 0) is 40.5 Å². The van der Waals surface area contributed by atoms with Crippen molar-refractivity contribution in [1.82, 2.24) is 0 Å². The number of hydrogen-bond acceptors (Lipinski definition) is 3. The van der Waals surface area contributed by atoms with E-state index in [1.807, 2.05) is 67.5 Å². The van der Waals surface area contributed by atoms with Crippen LogP contribution in [-0.2, 0) is 9.59 Å². The van der Waals surface area contributed by atoms with Crippen molar-refractivity contribution < 1.29 is 9.59 Å². The number of anilines is 2. The maximum Gasteiger partial charge on any atom is 0.262 e. The van der Waals surface area contributed by atoms with Crippen molar-refractivity contribution in [3.05, 3.63) is 106 Å². The van der Waals surface area contributed by atoms with Crippen LogP contribution in [0.3, 0.4) is 0 Å². The highest BCUT2D eigenvalue weighted by atomic mass is 16.2. The molecular formula is C26H20N2O2. The molecule has 0 spiro atoms. The molecule has 146 valence electrons. The molecule has 4 heteroatoms. The molecule has 0 radical (unpaired) electrons. The molecular weight excluding hydrogens is 372 g/mol. The lowest BCUT2D eigenvalue weighted by molar-refractivity contribution is -0.120. The van der Waals surface area contributed by atoms with Crippen LogP contribution in [-0.4, -0.2) is 25.9 Å². The Morgan fingerprint density at radius 3 is 1.57 bits per heavy atom. The summed E-state index contributed by atoms with van der Waals surface area (Å²) in [6.07, 6.45) is 0. The summed E-state index contributed by atoms with van der Waals surface area (Å²) in [6.45, 7) is 0. The first-order valence-corrected chi connectivity index (χ1v) is 10.2. The lowest BCUT2D eigenvalue weighted by Gasteiger charge is -2.39. The van der Waals surface area contributed by atoms with Gasteiger partial charge in [-0.15, -0.1) is 0 Å². The first-order chi connectivity index (χ1) is 14.6. The molecule has 4 aliphatic rings. The standard InChI is InChI=1S/C26H20N2O2/c1-27(2)15-8-7-9-16(14-15)28-25(29)23-21-17-10-3-4-11-18(17)22(24(23)26(28)30)20-13-6-5-12-19(20)21/h3-14,21-22H,1-2H3. The number of benzene rings is 3. The van der Waals surface area contributed by atoms with Crippen LogP contribution in [0.15, 0.2) is 83.9 Å². The fraction of sp³-hybridized carbons (Fsp3) is 0.154. The Hall–Kier alpha value is -3.66. The number of amides is 2. The van der Waals surface area contributed by atoms with Crippen LogP contribution in [0.2, 0.25) is 0 Å². The third-order valence-corrected chi connectivity index (χ3v) is 6.57. The minimum absolute atomic E-state index is 0.184. The highest BCUT2D eigenvalue weighted by molar-refractivity contribution is 6.35. The fourth-order valence-corrected chi connectivity index (χ4v) is 5.30. The van der Waals surface area contributed by atoms with Crippen molar-refractivity contribution in [2.75, 3.05) is 23.9 Å². The Balaban J connectivity index is 1.55. The van der Waals surface area contributed by atoms with E-state index < -0.39 is 0 Å². The lowest BCUT2D eigenvalue weighted by Crippen LogP contribution is -2.32. The van der Waals surface area contributed by atoms with Crippen molar-refractivity contribution in [3.63, 3.8) is 0 Å². The van der Waals surface area contributed by atoms with Gasteiger partial charge in [0.05, 0.1) is 5.69 Å². The second-order valence-electron chi connectivity index (χ2n) is 8.31. The van der Waals surface area contributed by atoms with E-state index in [0.717, 1.165) is 27.9 Å². The third kappa shape index (κ3) is 2.05. The molecule has 3 aromatic rings. The fourth-order valence-electron chi connectivity index (χ4n) is 5.30. The molecule has 0 fully saturated rings. The molecule has 0 unspecified atom stereocenters. The van der Waals surface area contributed by atoms with Crippen LogP contribution >= 0.6 is 0 Å². The predicted octanol–water partition coefficient (Wildman–Crippen LogP) is 4.21. The van der Waals surface area contributed by atoms with Gasteiger partial charge in [0.1, 0.15) is 0 Å². The van der Waals surface area contributed by atoms with Crippen molar-refractivity contribution in [2.24, 2.45) is 0 Å². The Morgan fingerprint density at radius 1 is 0.667 bits per heavy atom. The summed E-state index contributed by atoms with van der Waals surface area (Å²) in [5.74, 6) is -0.749. The zero-order valence-electron chi connectivity index (χ0n) is 16.8. The minimum Gasteiger partial charge on any atom is -0.378 e. The summed E-state index contributed by atoms with van der Waals surface area (Å²) < 4.78 is 0. The highest BCUT2D eigenvalue weighted by Crippen LogP contribution is 2.58. The van der Waals surface area contributed by atoms with Crippen molar-refractivity contribution >= 4 is 23.2 Å². The van der Waals surface area contributed by atoms with Crippen molar-refractivity contribution in [3.8, 4) is 0 Å². The molecule has 0 saturated carbocycles. The van der Waals surface area contributed by atoms with Gasteiger partial charge in [-0.3, -0.25) is 9.59 Å². The van der Waals surface area contributed by atoms with Gasteiger partial charge < -0.3 is 4.90 Å². The third-order valence-electron chi connectivity index (χ3n) is 6.57. The molecule has 0 N–H and O–H groups in total. The quantitative estimate of drug-likeness (QED) is 0.614. The molecule has 3 aromatic carbocycles. The molecule has 2 bridgehead atoms. The zero-order valence-corrected chi connectivity index (χ0v) is 16.8. The van der Waals surface area contributed by atoms with Crippen molar-refractivity contribution in [1.29, 1.82) is 0 Å². The number of hydrogen-bond donors (Lipinski definition) is 0. The summed E-state index contributed by atoms with van der Waals surface area (Å²) in [6, 6.07) is 24.0. The summed E-state index contributed by atoms with van der Waals surface area (Å²) in [7, 11) is 3.90. The normalized spacial score (nSPS) is 20.9. The molecule has 1 heterocycles. The van der Waals surface area contributed by atoms with Crippen molar-refractivity contribution in [2.45, 2.75) is 11.8 Å². The van der Waals surface area contributed by atoms with Crippen LogP contribution < -0.4 is 9.80 Å². The van der Waals surface area contributed by atoms with Gasteiger partial charge in [-0.1, -0.05) is 54.6 Å². The Morgan fingerprint density at radius 2 is 1.13 bits per heavy atom. The average molecular weight is 392 g/mol. The molecule has 0 atom stereocenters. The van der Waals surface area contributed by atoms with Crippen LogP contribution in [0.25, 0.3) is 0 Å². The van der Waals surface area contributed by atoms with Gasteiger partial charge in [0.25, 0.3) is 11.8 Å². The average Bonchev–Trinajstić information content (AvgIpc) is 3.04. The predicted molar refractivity (Wildman–Crippen MR) is 117 cm³/mol. The molecule has 0 aromatic heterocycles. The summed E-state index contributed by atoms with van der Waals surface area (Å²) in [5.41, 5.74) is 7.45. The van der Waals surface area contributed by atoms with E-state index in [9.17, 15) is 9.59 Å². The van der Waals surface area contributed by atoms with Gasteiger partial charge in [-0.2, -0.15) is 0 Å². The number of imide groups is 1. The second-order valence-corrected chi connectivity index (χ2v) is 8.31. The number of carbonyl (C=O) groups is 2. The lowest BCUT2D eigenvalue weighted by atomic mass is 9.61. The molecule has 3 aliphatic carbocycles. The van der Waals surface area contributed by atoms with E-state index in [1.54, 1.807) is 0 Å². The van der Waals surface area contributed by atoms with Gasteiger partial charge in [0.15, 0.2) is 0 Å². The summed E-state index contributed by atoms with van der Waals surface area (Å²) in [5, 5.41) is 0. The SMILES string of the molecule is CN(C)c1cccc(N2C(=O)C3=C(C2=O)C2c4ccccc4C3c3ccccc32)c1. The van der Waals surface area contributed by atoms with Crippen LogP contribution in [0.4, 0.5) is 11.4 Å². The number of nitrogens with zero attached hydrogens (tertiary/aromatic N) is 2. The zero-order chi connectivity index (χ0) is 20.6. The topological polar surface area (TPSA) is 40.6 Å². The molecule has 30 heavy (non-hydrogen) atoms. The maximum atomic E-state index is 13.7. The van der Waals surface area contributed by atoms with Gasteiger partial charge >= 0.3 is 0 Å². The molecule has 4 nitrogen and oxygen atoms in total. The van der Waals surface area contributed by atoms with E-state index in [-0.39, 0.29) is 23.7 Å². The largest absolute Gasteiger partial charge is 0.378 e. The van der Waals surface area contributed by atoms with Gasteiger partial charge in [0.2, 0.25) is 0 Å². The number of rotatable bonds is 2. The highest BCUT2D eigenvalue weighted by Gasteiger charge is 2.53. The number of carbonyl (C=O) groups excluding carboxylic acids is 2. The molecule has 0 saturated heterocycles. The first kappa shape index (κ1) is 17.2. The van der Waals surface area contributed by atoms with E-state index >= 15 is 0 Å². The van der Waals surface area contributed by atoms with E-state index in [2.05, 4.69) is 24.3 Å². The molecule has 2 amide bonds. The second kappa shape index (κ2) is 5.92. The van der Waals surface area contributed by atoms with E-state index in [4.69, 9.17) is 0 Å². The van der Waals surface area contributed by atoms with Crippen LogP contribution in [0.1, 0.15) is 34.1 Å². The Kier molecular flexibility index (Phi) is 3.40. The first-order valence-electron chi connectivity index (χ1n) is 10.2.